The molecule has 0 saturated carbocycles. The van der Waals surface area contributed by atoms with E-state index >= 15 is 0 Å². The summed E-state index contributed by atoms with van der Waals surface area (Å²) in [5, 5.41) is 42.1. The van der Waals surface area contributed by atoms with Crippen molar-refractivity contribution in [1.82, 2.24) is 0 Å². The van der Waals surface area contributed by atoms with Crippen molar-refractivity contribution in [2.24, 2.45) is 0 Å². The monoisotopic (exact) mass is 468 g/mol. The van der Waals surface area contributed by atoms with E-state index in [9.17, 15) is 25.2 Å². The number of fused-ring (bicyclic) bond motifs is 2. The summed E-state index contributed by atoms with van der Waals surface area (Å²) in [6, 6.07) is 6.00. The molecule has 2 heterocycles. The van der Waals surface area contributed by atoms with E-state index < -0.39 is 28.8 Å². The van der Waals surface area contributed by atoms with Gasteiger partial charge in [0.05, 0.1) is 22.3 Å². The van der Waals surface area contributed by atoms with E-state index in [0.717, 1.165) is 0 Å². The Morgan fingerprint density at radius 2 is 1.76 bits per heavy atom. The highest BCUT2D eigenvalue weighted by atomic mass is 16.5. The summed E-state index contributed by atoms with van der Waals surface area (Å²) < 4.78 is 17.6. The van der Waals surface area contributed by atoms with Gasteiger partial charge in [-0.2, -0.15) is 0 Å². The second-order valence-corrected chi connectivity index (χ2v) is 9.53. The van der Waals surface area contributed by atoms with Gasteiger partial charge in [-0.05, 0) is 57.5 Å². The first-order chi connectivity index (χ1) is 15.9. The molecule has 4 N–H and O–H groups in total. The first-order valence-corrected chi connectivity index (χ1v) is 10.8. The number of aliphatic hydroxyl groups excluding tert-OH is 1. The molecule has 2 atom stereocenters. The Bertz CT molecular complexity index is 1330. The van der Waals surface area contributed by atoms with Gasteiger partial charge in [0.15, 0.2) is 5.58 Å². The Morgan fingerprint density at radius 3 is 2.35 bits per heavy atom. The molecule has 0 spiro atoms. The Balaban J connectivity index is 2.10. The highest BCUT2D eigenvalue weighted by molar-refractivity contribution is 5.96. The van der Waals surface area contributed by atoms with Crippen LogP contribution < -0.4 is 10.2 Å². The van der Waals surface area contributed by atoms with Crippen LogP contribution in [0.5, 0.6) is 17.2 Å². The summed E-state index contributed by atoms with van der Waals surface area (Å²) in [7, 11) is 1.36. The summed E-state index contributed by atoms with van der Waals surface area (Å²) >= 11 is 0. The van der Waals surface area contributed by atoms with Gasteiger partial charge >= 0.3 is 0 Å². The second-order valence-electron chi connectivity index (χ2n) is 9.53. The molecule has 0 fully saturated rings. The number of rotatable bonds is 5. The van der Waals surface area contributed by atoms with Crippen LogP contribution in [0.15, 0.2) is 45.8 Å². The minimum absolute atomic E-state index is 0.0231. The average molecular weight is 469 g/mol. The third-order valence-electron chi connectivity index (χ3n) is 5.96. The summed E-state index contributed by atoms with van der Waals surface area (Å²) in [5.41, 5.74) is -1.76. The molecule has 2 aromatic carbocycles. The van der Waals surface area contributed by atoms with Crippen molar-refractivity contribution in [3.8, 4) is 28.4 Å². The van der Waals surface area contributed by atoms with E-state index in [0.29, 0.717) is 5.56 Å². The topological polar surface area (TPSA) is 130 Å². The van der Waals surface area contributed by atoms with Crippen LogP contribution in [0.4, 0.5) is 0 Å². The lowest BCUT2D eigenvalue weighted by Crippen LogP contribution is -2.41. The van der Waals surface area contributed by atoms with Gasteiger partial charge in [-0.15, -0.1) is 0 Å². The molecule has 1 aromatic heterocycles. The fraction of sp³-hybridized carbons (Fsp3) is 0.346. The predicted molar refractivity (Wildman–Crippen MR) is 127 cm³/mol. The number of phenolic OH excluding ortho intramolecular Hbond substituents is 2. The van der Waals surface area contributed by atoms with Crippen LogP contribution in [-0.4, -0.2) is 44.8 Å². The second kappa shape index (κ2) is 8.16. The van der Waals surface area contributed by atoms with Crippen molar-refractivity contribution in [3.63, 3.8) is 0 Å². The van der Waals surface area contributed by atoms with Crippen LogP contribution in [0.3, 0.4) is 0 Å². The van der Waals surface area contributed by atoms with Crippen LogP contribution >= 0.6 is 0 Å². The van der Waals surface area contributed by atoms with E-state index in [1.54, 1.807) is 24.3 Å². The lowest BCUT2D eigenvalue weighted by molar-refractivity contribution is -0.119. The van der Waals surface area contributed by atoms with E-state index in [1.807, 2.05) is 13.8 Å². The third kappa shape index (κ3) is 3.94. The molecule has 34 heavy (non-hydrogen) atoms. The first-order valence-electron chi connectivity index (χ1n) is 10.8. The molecule has 8 heteroatoms. The Hall–Kier alpha value is -3.33. The maximum atomic E-state index is 13.6. The van der Waals surface area contributed by atoms with Crippen molar-refractivity contribution >= 4 is 17.0 Å². The quantitative estimate of drug-likeness (QED) is 0.444. The molecular formula is C26H28O8. The van der Waals surface area contributed by atoms with Gasteiger partial charge in [0.1, 0.15) is 46.7 Å². The maximum Gasteiger partial charge on any atom is 0.204 e. The van der Waals surface area contributed by atoms with Crippen molar-refractivity contribution in [1.29, 1.82) is 0 Å². The molecule has 4 rings (SSSR count). The van der Waals surface area contributed by atoms with Gasteiger partial charge in [-0.3, -0.25) is 4.79 Å². The Morgan fingerprint density at radius 1 is 1.12 bits per heavy atom. The van der Waals surface area contributed by atoms with E-state index in [2.05, 4.69) is 0 Å². The van der Waals surface area contributed by atoms with Crippen molar-refractivity contribution in [3.05, 3.63) is 58.0 Å². The summed E-state index contributed by atoms with van der Waals surface area (Å²) in [5.74, 6) is -0.0998. The van der Waals surface area contributed by atoms with E-state index in [4.69, 9.17) is 13.9 Å². The van der Waals surface area contributed by atoms with Crippen LogP contribution in [0.1, 0.15) is 44.9 Å². The standard InChI is InChI=1S/C26H28O8/c1-25(2)11-10-15-19(28)17-20(29)16(13-6-8-14(27)9-7-13)12-33-22(17)18(21(15)34-25)23(32-5)24(30)26(3,4)31/h6-12,23-24,27-28,30-31H,1-5H3/t23-,24-/m0/s1. The molecule has 0 saturated heterocycles. The first kappa shape index (κ1) is 23.8. The number of hydrogen-bond donors (Lipinski definition) is 4. The van der Waals surface area contributed by atoms with Gasteiger partial charge in [-0.25, -0.2) is 0 Å². The van der Waals surface area contributed by atoms with Gasteiger partial charge in [0.25, 0.3) is 0 Å². The van der Waals surface area contributed by atoms with Gasteiger partial charge < -0.3 is 34.3 Å². The molecule has 180 valence electrons. The van der Waals surface area contributed by atoms with Crippen LogP contribution in [0.2, 0.25) is 0 Å². The predicted octanol–water partition coefficient (Wildman–Crippen LogP) is 3.87. The molecule has 0 unspecified atom stereocenters. The van der Waals surface area contributed by atoms with Crippen molar-refractivity contribution < 1.29 is 34.3 Å². The molecule has 0 radical (unpaired) electrons. The summed E-state index contributed by atoms with van der Waals surface area (Å²) in [4.78, 5) is 13.6. The van der Waals surface area contributed by atoms with Gasteiger partial charge in [0.2, 0.25) is 5.43 Å². The van der Waals surface area contributed by atoms with Crippen molar-refractivity contribution in [2.75, 3.05) is 7.11 Å². The zero-order valence-electron chi connectivity index (χ0n) is 19.6. The molecule has 0 amide bonds. The average Bonchev–Trinajstić information content (AvgIpc) is 2.75. The molecule has 8 nitrogen and oxygen atoms in total. The molecule has 3 aromatic rings. The zero-order chi connectivity index (χ0) is 25.0. The Kier molecular flexibility index (Phi) is 5.72. The number of aliphatic hydroxyl groups is 2. The van der Waals surface area contributed by atoms with Gasteiger partial charge in [-0.1, -0.05) is 12.1 Å². The number of ether oxygens (including phenoxy) is 2. The van der Waals surface area contributed by atoms with Crippen LogP contribution in [0, 0.1) is 0 Å². The fourth-order valence-corrected chi connectivity index (χ4v) is 4.09. The molecule has 1 aliphatic heterocycles. The lowest BCUT2D eigenvalue weighted by atomic mass is 9.87. The minimum Gasteiger partial charge on any atom is -0.508 e. The normalized spacial score (nSPS) is 16.7. The van der Waals surface area contributed by atoms with Crippen molar-refractivity contribution in [2.45, 2.75) is 51.1 Å². The highest BCUT2D eigenvalue weighted by Gasteiger charge is 2.40. The smallest absolute Gasteiger partial charge is 0.204 e. The zero-order valence-corrected chi connectivity index (χ0v) is 19.6. The number of benzene rings is 2. The van der Waals surface area contributed by atoms with Gasteiger partial charge in [0, 0.05) is 7.11 Å². The largest absolute Gasteiger partial charge is 0.508 e. The molecule has 0 bridgehead atoms. The lowest BCUT2D eigenvalue weighted by Gasteiger charge is -2.35. The molecule has 0 aliphatic carbocycles. The number of hydrogen-bond acceptors (Lipinski definition) is 8. The minimum atomic E-state index is -1.57. The van der Waals surface area contributed by atoms with Crippen LogP contribution in [0.25, 0.3) is 28.2 Å². The van der Waals surface area contributed by atoms with E-state index in [-0.39, 0.29) is 44.9 Å². The fourth-order valence-electron chi connectivity index (χ4n) is 4.09. The Labute approximate surface area is 196 Å². The SMILES string of the molecule is CO[C@@H](c1c2c(c(O)c3c(=O)c(-c4ccc(O)cc4)coc13)C=CC(C)(C)O2)[C@H](O)C(C)(C)O. The third-order valence-corrected chi connectivity index (χ3v) is 5.96. The summed E-state index contributed by atoms with van der Waals surface area (Å²) in [6.07, 6.45) is 2.06. The molecular weight excluding hydrogens is 440 g/mol. The van der Waals surface area contributed by atoms with Crippen LogP contribution in [-0.2, 0) is 4.74 Å². The number of aromatic hydroxyl groups is 2. The van der Waals surface area contributed by atoms with E-state index in [1.165, 1.54) is 39.4 Å². The number of phenols is 2. The number of methoxy groups -OCH3 is 1. The highest BCUT2D eigenvalue weighted by Crippen LogP contribution is 2.48. The maximum absolute atomic E-state index is 13.6. The summed E-state index contributed by atoms with van der Waals surface area (Å²) in [6.45, 7) is 6.50. The molecule has 1 aliphatic rings.